The van der Waals surface area contributed by atoms with Gasteiger partial charge in [-0.1, -0.05) is 31.5 Å². The van der Waals surface area contributed by atoms with E-state index in [1.807, 2.05) is 30.3 Å². The van der Waals surface area contributed by atoms with E-state index in [2.05, 4.69) is 27.2 Å². The van der Waals surface area contributed by atoms with E-state index in [0.717, 1.165) is 30.8 Å². The number of benzene rings is 1. The molecule has 1 aromatic heterocycles. The van der Waals surface area contributed by atoms with Gasteiger partial charge in [0.1, 0.15) is 12.2 Å². The van der Waals surface area contributed by atoms with Gasteiger partial charge in [0.2, 0.25) is 5.95 Å². The van der Waals surface area contributed by atoms with Gasteiger partial charge < -0.3 is 5.32 Å². The van der Waals surface area contributed by atoms with E-state index in [4.69, 9.17) is 0 Å². The number of aromatic nitrogens is 3. The number of rotatable bonds is 5. The Labute approximate surface area is 101 Å². The first-order valence-electron chi connectivity index (χ1n) is 5.88. The molecule has 1 heterocycles. The molecule has 2 rings (SSSR count). The van der Waals surface area contributed by atoms with Gasteiger partial charge in [-0.05, 0) is 18.6 Å². The number of hydrogen-bond donors (Lipinski definition) is 1. The molecule has 88 valence electrons. The summed E-state index contributed by atoms with van der Waals surface area (Å²) in [5, 5.41) is 3.16. The lowest BCUT2D eigenvalue weighted by molar-refractivity contribution is 0.746. The summed E-state index contributed by atoms with van der Waals surface area (Å²) in [4.78, 5) is 12.6. The van der Waals surface area contributed by atoms with Gasteiger partial charge in [0, 0.05) is 12.1 Å². The Balaban J connectivity index is 2.06. The van der Waals surface area contributed by atoms with Crippen molar-refractivity contribution in [3.63, 3.8) is 0 Å². The number of para-hydroxylation sites is 1. The molecule has 1 aromatic carbocycles. The summed E-state index contributed by atoms with van der Waals surface area (Å²) < 4.78 is 0. The fourth-order valence-corrected chi connectivity index (χ4v) is 1.50. The summed E-state index contributed by atoms with van der Waals surface area (Å²) in [6.45, 7) is 2.16. The average molecular weight is 228 g/mol. The van der Waals surface area contributed by atoms with Gasteiger partial charge in [0.15, 0.2) is 0 Å². The molecule has 0 spiro atoms. The Bertz CT molecular complexity index is 456. The minimum absolute atomic E-state index is 0.609. The third kappa shape index (κ3) is 3.52. The zero-order valence-corrected chi connectivity index (χ0v) is 9.93. The maximum absolute atomic E-state index is 4.37. The van der Waals surface area contributed by atoms with Crippen LogP contribution in [0.5, 0.6) is 0 Å². The number of aryl methyl sites for hydroxylation is 1. The van der Waals surface area contributed by atoms with E-state index >= 15 is 0 Å². The highest BCUT2D eigenvalue weighted by molar-refractivity contribution is 5.52. The molecule has 17 heavy (non-hydrogen) atoms. The first-order valence-corrected chi connectivity index (χ1v) is 5.88. The lowest BCUT2D eigenvalue weighted by atomic mass is 10.2. The molecule has 4 nitrogen and oxygen atoms in total. The van der Waals surface area contributed by atoms with E-state index in [1.54, 1.807) is 6.33 Å². The average Bonchev–Trinajstić information content (AvgIpc) is 2.38. The summed E-state index contributed by atoms with van der Waals surface area (Å²) in [7, 11) is 0. The van der Waals surface area contributed by atoms with Crippen LogP contribution in [0.15, 0.2) is 36.7 Å². The summed E-state index contributed by atoms with van der Waals surface area (Å²) >= 11 is 0. The van der Waals surface area contributed by atoms with Crippen molar-refractivity contribution in [1.29, 1.82) is 0 Å². The quantitative estimate of drug-likeness (QED) is 0.854. The van der Waals surface area contributed by atoms with Crippen LogP contribution >= 0.6 is 0 Å². The first-order chi connectivity index (χ1) is 8.38. The van der Waals surface area contributed by atoms with Crippen molar-refractivity contribution in [3.05, 3.63) is 42.5 Å². The van der Waals surface area contributed by atoms with Gasteiger partial charge in [-0.25, -0.2) is 9.97 Å². The molecular weight excluding hydrogens is 212 g/mol. The Hall–Kier alpha value is -1.97. The predicted octanol–water partition coefficient (Wildman–Crippen LogP) is 2.96. The van der Waals surface area contributed by atoms with E-state index in [0.29, 0.717) is 5.95 Å². The molecular formula is C13H16N4. The molecule has 0 bridgehead atoms. The van der Waals surface area contributed by atoms with Crippen LogP contribution in [-0.2, 0) is 6.42 Å². The highest BCUT2D eigenvalue weighted by Gasteiger charge is 2.00. The van der Waals surface area contributed by atoms with Crippen LogP contribution in [0, 0.1) is 0 Å². The molecule has 0 aliphatic rings. The molecule has 0 aliphatic carbocycles. The van der Waals surface area contributed by atoms with Gasteiger partial charge >= 0.3 is 0 Å². The van der Waals surface area contributed by atoms with Crippen molar-refractivity contribution in [3.8, 4) is 0 Å². The monoisotopic (exact) mass is 228 g/mol. The topological polar surface area (TPSA) is 50.7 Å². The molecule has 0 amide bonds. The van der Waals surface area contributed by atoms with E-state index in [1.165, 1.54) is 0 Å². The lowest BCUT2D eigenvalue weighted by Crippen LogP contribution is -2.02. The Kier molecular flexibility index (Phi) is 4.02. The van der Waals surface area contributed by atoms with Gasteiger partial charge in [0.05, 0.1) is 0 Å². The van der Waals surface area contributed by atoms with Gasteiger partial charge in [-0.2, -0.15) is 4.98 Å². The second-order valence-corrected chi connectivity index (χ2v) is 3.82. The second kappa shape index (κ2) is 5.94. The van der Waals surface area contributed by atoms with Crippen molar-refractivity contribution in [2.24, 2.45) is 0 Å². The first kappa shape index (κ1) is 11.5. The van der Waals surface area contributed by atoms with Gasteiger partial charge in [0.25, 0.3) is 0 Å². The van der Waals surface area contributed by atoms with Crippen LogP contribution in [0.1, 0.15) is 25.6 Å². The summed E-state index contributed by atoms with van der Waals surface area (Å²) in [5.41, 5.74) is 0.986. The number of anilines is 2. The van der Waals surface area contributed by atoms with Crippen molar-refractivity contribution in [2.45, 2.75) is 26.2 Å². The molecule has 0 atom stereocenters. The fourth-order valence-electron chi connectivity index (χ4n) is 1.50. The molecule has 0 unspecified atom stereocenters. The zero-order valence-electron chi connectivity index (χ0n) is 9.93. The normalized spacial score (nSPS) is 10.2. The summed E-state index contributed by atoms with van der Waals surface area (Å²) in [6, 6.07) is 9.89. The maximum Gasteiger partial charge on any atom is 0.230 e. The molecule has 0 aliphatic heterocycles. The second-order valence-electron chi connectivity index (χ2n) is 3.82. The highest BCUT2D eigenvalue weighted by Crippen LogP contribution is 2.11. The number of nitrogens with zero attached hydrogens (tertiary/aromatic N) is 3. The zero-order chi connectivity index (χ0) is 11.9. The van der Waals surface area contributed by atoms with E-state index < -0.39 is 0 Å². The molecule has 2 aromatic rings. The Morgan fingerprint density at radius 2 is 1.94 bits per heavy atom. The number of hydrogen-bond acceptors (Lipinski definition) is 4. The lowest BCUT2D eigenvalue weighted by Gasteiger charge is -2.05. The predicted molar refractivity (Wildman–Crippen MR) is 68.2 cm³/mol. The van der Waals surface area contributed by atoms with Crippen molar-refractivity contribution >= 4 is 11.6 Å². The van der Waals surface area contributed by atoms with Crippen LogP contribution in [-0.4, -0.2) is 15.0 Å². The standard InChI is InChI=1S/C13H16N4/c1-2-3-9-12-14-10-15-13(17-12)16-11-7-5-4-6-8-11/h4-8,10H,2-3,9H2,1H3,(H,14,15,16,17). The molecule has 1 N–H and O–H groups in total. The van der Waals surface area contributed by atoms with E-state index in [-0.39, 0.29) is 0 Å². The van der Waals surface area contributed by atoms with Crippen LogP contribution in [0.25, 0.3) is 0 Å². The fraction of sp³-hybridized carbons (Fsp3) is 0.308. The van der Waals surface area contributed by atoms with Crippen LogP contribution < -0.4 is 5.32 Å². The maximum atomic E-state index is 4.37. The molecule has 0 radical (unpaired) electrons. The SMILES string of the molecule is CCCCc1ncnc(Nc2ccccc2)n1. The third-order valence-electron chi connectivity index (χ3n) is 2.41. The van der Waals surface area contributed by atoms with Crippen LogP contribution in [0.3, 0.4) is 0 Å². The Morgan fingerprint density at radius 1 is 1.12 bits per heavy atom. The minimum atomic E-state index is 0.609. The van der Waals surface area contributed by atoms with Gasteiger partial charge in [-0.3, -0.25) is 0 Å². The van der Waals surface area contributed by atoms with Crippen molar-refractivity contribution in [2.75, 3.05) is 5.32 Å². The Morgan fingerprint density at radius 3 is 2.71 bits per heavy atom. The minimum Gasteiger partial charge on any atom is -0.324 e. The number of nitrogens with one attached hydrogen (secondary N) is 1. The highest BCUT2D eigenvalue weighted by atomic mass is 15.1. The van der Waals surface area contributed by atoms with Crippen molar-refractivity contribution < 1.29 is 0 Å². The largest absolute Gasteiger partial charge is 0.324 e. The molecule has 4 heteroatoms. The van der Waals surface area contributed by atoms with Crippen LogP contribution in [0.4, 0.5) is 11.6 Å². The van der Waals surface area contributed by atoms with E-state index in [9.17, 15) is 0 Å². The van der Waals surface area contributed by atoms with Crippen LogP contribution in [0.2, 0.25) is 0 Å². The molecule has 0 fully saturated rings. The smallest absolute Gasteiger partial charge is 0.230 e. The summed E-state index contributed by atoms with van der Waals surface area (Å²) in [5.74, 6) is 1.46. The number of unbranched alkanes of at least 4 members (excludes halogenated alkanes) is 1. The summed E-state index contributed by atoms with van der Waals surface area (Å²) in [6.07, 6.45) is 4.72. The van der Waals surface area contributed by atoms with Gasteiger partial charge in [-0.15, -0.1) is 0 Å². The van der Waals surface area contributed by atoms with Crippen molar-refractivity contribution in [1.82, 2.24) is 15.0 Å². The molecule has 0 saturated carbocycles. The molecule has 0 saturated heterocycles. The third-order valence-corrected chi connectivity index (χ3v) is 2.41.